The normalized spacial score (nSPS) is 18.6. The highest BCUT2D eigenvalue weighted by atomic mass is 19.4. The summed E-state index contributed by atoms with van der Waals surface area (Å²) in [7, 11) is 0. The van der Waals surface area contributed by atoms with E-state index < -0.39 is 23.6 Å². The predicted molar refractivity (Wildman–Crippen MR) is 74.3 cm³/mol. The van der Waals surface area contributed by atoms with E-state index in [1.54, 1.807) is 0 Å². The van der Waals surface area contributed by atoms with Crippen LogP contribution in [0.4, 0.5) is 23.2 Å². The zero-order chi connectivity index (χ0) is 17.0. The van der Waals surface area contributed by atoms with Crippen LogP contribution in [0.5, 0.6) is 0 Å². The molecular formula is C14H15F4N3O2. The SMILES string of the molecule is O=CC1CN(C(=O)CNc2cc(F)cc(C(F)(F)F)c2)CCN1. The van der Waals surface area contributed by atoms with Gasteiger partial charge in [-0.25, -0.2) is 4.39 Å². The van der Waals surface area contributed by atoms with Crippen LogP contribution in [0.25, 0.3) is 0 Å². The summed E-state index contributed by atoms with van der Waals surface area (Å²) in [6.07, 6.45) is -3.98. The van der Waals surface area contributed by atoms with Crippen molar-refractivity contribution in [3.63, 3.8) is 0 Å². The molecule has 9 heteroatoms. The highest BCUT2D eigenvalue weighted by molar-refractivity contribution is 5.81. The van der Waals surface area contributed by atoms with E-state index in [2.05, 4.69) is 10.6 Å². The molecule has 1 fully saturated rings. The molecule has 126 valence electrons. The largest absolute Gasteiger partial charge is 0.416 e. The Hall–Kier alpha value is -2.16. The number of rotatable bonds is 4. The molecule has 0 aliphatic carbocycles. The van der Waals surface area contributed by atoms with Gasteiger partial charge in [0.05, 0.1) is 18.2 Å². The number of carbonyl (C=O) groups excluding carboxylic acids is 2. The first-order chi connectivity index (χ1) is 10.8. The molecule has 0 aromatic heterocycles. The van der Waals surface area contributed by atoms with Gasteiger partial charge in [0.15, 0.2) is 0 Å². The number of aldehydes is 1. The van der Waals surface area contributed by atoms with Gasteiger partial charge >= 0.3 is 6.18 Å². The van der Waals surface area contributed by atoms with Gasteiger partial charge in [0.2, 0.25) is 5.91 Å². The van der Waals surface area contributed by atoms with Crippen molar-refractivity contribution in [1.29, 1.82) is 0 Å². The van der Waals surface area contributed by atoms with Gasteiger partial charge in [-0.3, -0.25) is 4.79 Å². The van der Waals surface area contributed by atoms with Gasteiger partial charge in [0, 0.05) is 25.3 Å². The standard InChI is InChI=1S/C14H15F4N3O2/c15-10-3-9(14(16,17)18)4-11(5-10)20-6-13(23)21-2-1-19-12(7-21)8-22/h3-5,8,12,19-20H,1-2,6-7H2. The highest BCUT2D eigenvalue weighted by Crippen LogP contribution is 2.31. The number of nitrogens with zero attached hydrogens (tertiary/aromatic N) is 1. The number of carbonyl (C=O) groups is 2. The topological polar surface area (TPSA) is 61.4 Å². The second kappa shape index (κ2) is 6.95. The third kappa shape index (κ3) is 4.65. The van der Waals surface area contributed by atoms with Crippen molar-refractivity contribution >= 4 is 17.9 Å². The predicted octanol–water partition coefficient (Wildman–Crippen LogP) is 1.26. The van der Waals surface area contributed by atoms with Crippen LogP contribution >= 0.6 is 0 Å². The van der Waals surface area contributed by atoms with E-state index in [1.165, 1.54) is 4.90 Å². The van der Waals surface area contributed by atoms with Gasteiger partial charge in [-0.05, 0) is 18.2 Å². The minimum atomic E-state index is -4.67. The van der Waals surface area contributed by atoms with Gasteiger partial charge in [0.1, 0.15) is 12.1 Å². The van der Waals surface area contributed by atoms with E-state index >= 15 is 0 Å². The monoisotopic (exact) mass is 333 g/mol. The molecule has 1 atom stereocenters. The van der Waals surface area contributed by atoms with Crippen molar-refractivity contribution in [2.45, 2.75) is 12.2 Å². The number of amides is 1. The van der Waals surface area contributed by atoms with Crippen LogP contribution in [0.3, 0.4) is 0 Å². The molecule has 1 unspecified atom stereocenters. The lowest BCUT2D eigenvalue weighted by Crippen LogP contribution is -2.54. The number of piperazine rings is 1. The summed E-state index contributed by atoms with van der Waals surface area (Å²) < 4.78 is 51.1. The molecule has 0 bridgehead atoms. The maximum Gasteiger partial charge on any atom is 0.416 e. The second-order valence-corrected chi connectivity index (χ2v) is 5.12. The molecule has 1 aliphatic heterocycles. The summed E-state index contributed by atoms with van der Waals surface area (Å²) in [6.45, 7) is 0.752. The van der Waals surface area contributed by atoms with Crippen molar-refractivity contribution in [3.8, 4) is 0 Å². The van der Waals surface area contributed by atoms with Crippen LogP contribution in [0.1, 0.15) is 5.56 Å². The number of benzene rings is 1. The fraction of sp³-hybridized carbons (Fsp3) is 0.429. The lowest BCUT2D eigenvalue weighted by molar-refractivity contribution is -0.137. The van der Waals surface area contributed by atoms with Crippen molar-refractivity contribution in [1.82, 2.24) is 10.2 Å². The molecule has 0 spiro atoms. The van der Waals surface area contributed by atoms with Crippen LogP contribution in [0.15, 0.2) is 18.2 Å². The lowest BCUT2D eigenvalue weighted by Gasteiger charge is -2.31. The maximum absolute atomic E-state index is 13.3. The average molecular weight is 333 g/mol. The molecule has 1 aromatic carbocycles. The molecule has 0 radical (unpaired) electrons. The van der Waals surface area contributed by atoms with Crippen molar-refractivity contribution in [2.24, 2.45) is 0 Å². The van der Waals surface area contributed by atoms with Crippen LogP contribution in [-0.2, 0) is 15.8 Å². The Morgan fingerprint density at radius 1 is 1.39 bits per heavy atom. The Balaban J connectivity index is 1.99. The Morgan fingerprint density at radius 2 is 2.13 bits per heavy atom. The summed E-state index contributed by atoms with van der Waals surface area (Å²) in [5.74, 6) is -1.42. The molecule has 2 rings (SSSR count). The van der Waals surface area contributed by atoms with E-state index in [1.807, 2.05) is 0 Å². The Kier molecular flexibility index (Phi) is 5.19. The summed E-state index contributed by atoms with van der Waals surface area (Å²) in [4.78, 5) is 24.1. The molecule has 5 nitrogen and oxygen atoms in total. The summed E-state index contributed by atoms with van der Waals surface area (Å²) in [5.41, 5.74) is -1.26. The van der Waals surface area contributed by atoms with Crippen LogP contribution in [-0.4, -0.2) is 49.3 Å². The lowest BCUT2D eigenvalue weighted by atomic mass is 10.2. The number of nitrogens with one attached hydrogen (secondary N) is 2. The summed E-state index contributed by atoms with van der Waals surface area (Å²) in [5, 5.41) is 5.39. The highest BCUT2D eigenvalue weighted by Gasteiger charge is 2.31. The third-order valence-electron chi connectivity index (χ3n) is 3.39. The number of anilines is 1. The zero-order valence-corrected chi connectivity index (χ0v) is 12.0. The molecule has 1 heterocycles. The van der Waals surface area contributed by atoms with Gasteiger partial charge in [-0.2, -0.15) is 13.2 Å². The quantitative estimate of drug-likeness (QED) is 0.643. The minimum Gasteiger partial charge on any atom is -0.376 e. The first-order valence-electron chi connectivity index (χ1n) is 6.87. The fourth-order valence-electron chi connectivity index (χ4n) is 2.24. The molecule has 1 amide bonds. The van der Waals surface area contributed by atoms with Crippen molar-refractivity contribution in [3.05, 3.63) is 29.6 Å². The maximum atomic E-state index is 13.3. The van der Waals surface area contributed by atoms with Gasteiger partial charge in [0.25, 0.3) is 0 Å². The Bertz CT molecular complexity index is 592. The smallest absolute Gasteiger partial charge is 0.376 e. The second-order valence-electron chi connectivity index (χ2n) is 5.12. The van der Waals surface area contributed by atoms with Crippen molar-refractivity contribution < 1.29 is 27.2 Å². The van der Waals surface area contributed by atoms with E-state index in [9.17, 15) is 27.2 Å². The number of hydrogen-bond donors (Lipinski definition) is 2. The third-order valence-corrected chi connectivity index (χ3v) is 3.39. The summed E-state index contributed by atoms with van der Waals surface area (Å²) in [6, 6.07) is 1.55. The molecule has 1 saturated heterocycles. The van der Waals surface area contributed by atoms with Gasteiger partial charge < -0.3 is 20.3 Å². The Morgan fingerprint density at radius 3 is 2.78 bits per heavy atom. The van der Waals surface area contributed by atoms with Crippen molar-refractivity contribution in [2.75, 3.05) is 31.5 Å². The number of halogens is 4. The first kappa shape index (κ1) is 17.2. The van der Waals surface area contributed by atoms with Crippen LogP contribution in [0.2, 0.25) is 0 Å². The van der Waals surface area contributed by atoms with E-state index in [4.69, 9.17) is 0 Å². The van der Waals surface area contributed by atoms with E-state index in [0.29, 0.717) is 25.4 Å². The first-order valence-corrected chi connectivity index (χ1v) is 6.87. The van der Waals surface area contributed by atoms with Gasteiger partial charge in [-0.15, -0.1) is 0 Å². The molecular weight excluding hydrogens is 318 g/mol. The van der Waals surface area contributed by atoms with Crippen LogP contribution < -0.4 is 10.6 Å². The van der Waals surface area contributed by atoms with E-state index in [-0.39, 0.29) is 24.7 Å². The molecule has 1 aliphatic rings. The Labute approximate surface area is 129 Å². The minimum absolute atomic E-state index is 0.132. The molecule has 2 N–H and O–H groups in total. The van der Waals surface area contributed by atoms with E-state index in [0.717, 1.165) is 12.1 Å². The summed E-state index contributed by atoms with van der Waals surface area (Å²) >= 11 is 0. The zero-order valence-electron chi connectivity index (χ0n) is 12.0. The van der Waals surface area contributed by atoms with Crippen LogP contribution in [0, 0.1) is 5.82 Å². The number of alkyl halides is 3. The fourth-order valence-corrected chi connectivity index (χ4v) is 2.24. The molecule has 23 heavy (non-hydrogen) atoms. The average Bonchev–Trinajstić information content (AvgIpc) is 2.51. The molecule has 1 aromatic rings. The molecule has 0 saturated carbocycles. The van der Waals surface area contributed by atoms with Gasteiger partial charge in [-0.1, -0.05) is 0 Å². The number of hydrogen-bond acceptors (Lipinski definition) is 4.